The zero-order valence-electron chi connectivity index (χ0n) is 32.8. The molecular formula is C55H35BN4. The van der Waals surface area contributed by atoms with Crippen LogP contribution >= 0.6 is 0 Å². The summed E-state index contributed by atoms with van der Waals surface area (Å²) in [5, 5.41) is 7.58. The van der Waals surface area contributed by atoms with E-state index in [9.17, 15) is 0 Å². The normalized spacial score (nSPS) is 13.0. The molecule has 60 heavy (non-hydrogen) atoms. The Balaban J connectivity index is 1.15. The van der Waals surface area contributed by atoms with Crippen molar-refractivity contribution >= 4 is 106 Å². The summed E-state index contributed by atoms with van der Waals surface area (Å²) in [7, 11) is 0. The lowest BCUT2D eigenvalue weighted by Crippen LogP contribution is -2.60. The Kier molecular flexibility index (Phi) is 6.27. The lowest BCUT2D eigenvalue weighted by molar-refractivity contribution is 1.15. The van der Waals surface area contributed by atoms with Gasteiger partial charge in [0.1, 0.15) is 0 Å². The van der Waals surface area contributed by atoms with E-state index in [0.29, 0.717) is 0 Å². The summed E-state index contributed by atoms with van der Waals surface area (Å²) >= 11 is 0. The Morgan fingerprint density at radius 3 is 1.50 bits per heavy atom. The number of aryl methyl sites for hydroxylation is 1. The molecule has 9 aromatic carbocycles. The monoisotopic (exact) mass is 762 g/mol. The van der Waals surface area contributed by atoms with Crippen LogP contribution in [0.15, 0.2) is 194 Å². The van der Waals surface area contributed by atoms with Crippen LogP contribution in [0.4, 0.5) is 17.1 Å². The zero-order valence-corrected chi connectivity index (χ0v) is 32.8. The topological polar surface area (TPSA) is 18.0 Å². The second-order valence-corrected chi connectivity index (χ2v) is 16.6. The number of hydrogen-bond acceptors (Lipinski definition) is 1. The second-order valence-electron chi connectivity index (χ2n) is 16.6. The first-order valence-corrected chi connectivity index (χ1v) is 20.9. The number of anilines is 3. The van der Waals surface area contributed by atoms with E-state index in [2.05, 4.69) is 220 Å². The number of fused-ring (bicyclic) bond motifs is 13. The van der Waals surface area contributed by atoms with Crippen molar-refractivity contribution in [3.05, 3.63) is 200 Å². The van der Waals surface area contributed by atoms with Gasteiger partial charge in [0.05, 0.1) is 27.6 Å². The first-order chi connectivity index (χ1) is 29.7. The van der Waals surface area contributed by atoms with Crippen molar-refractivity contribution in [1.29, 1.82) is 0 Å². The van der Waals surface area contributed by atoms with Gasteiger partial charge in [0.25, 0.3) is 6.71 Å². The number of benzene rings is 9. The predicted molar refractivity (Wildman–Crippen MR) is 254 cm³/mol. The molecule has 2 aliphatic heterocycles. The van der Waals surface area contributed by atoms with Crippen molar-refractivity contribution in [2.75, 3.05) is 4.90 Å². The maximum absolute atomic E-state index is 2.59. The van der Waals surface area contributed by atoms with Crippen molar-refractivity contribution < 1.29 is 0 Å². The van der Waals surface area contributed by atoms with Crippen LogP contribution < -0.4 is 21.3 Å². The van der Waals surface area contributed by atoms with Crippen LogP contribution in [0, 0.1) is 6.92 Å². The molecule has 0 saturated carbocycles. The van der Waals surface area contributed by atoms with E-state index in [-0.39, 0.29) is 6.71 Å². The van der Waals surface area contributed by atoms with Gasteiger partial charge in [-0.3, -0.25) is 0 Å². The molecule has 278 valence electrons. The Morgan fingerprint density at radius 1 is 0.333 bits per heavy atom. The van der Waals surface area contributed by atoms with Gasteiger partial charge < -0.3 is 18.6 Å². The molecule has 5 heteroatoms. The average Bonchev–Trinajstić information content (AvgIpc) is 3.94. The summed E-state index contributed by atoms with van der Waals surface area (Å²) in [6.45, 7) is 2.27. The number of hydrogen-bond donors (Lipinski definition) is 0. The number of aromatic nitrogens is 3. The molecule has 4 nitrogen and oxygen atoms in total. The molecule has 0 unspecified atom stereocenters. The van der Waals surface area contributed by atoms with Crippen molar-refractivity contribution in [1.82, 2.24) is 13.7 Å². The second kappa shape index (κ2) is 11.7. The van der Waals surface area contributed by atoms with Crippen LogP contribution in [0.2, 0.25) is 0 Å². The third-order valence-electron chi connectivity index (χ3n) is 13.4. The minimum atomic E-state index is 0.0240. The Bertz CT molecular complexity index is 3700. The molecular weight excluding hydrogens is 727 g/mol. The van der Waals surface area contributed by atoms with Crippen molar-refractivity contribution in [2.24, 2.45) is 0 Å². The van der Waals surface area contributed by atoms with Gasteiger partial charge in [-0.05, 0) is 114 Å². The SMILES string of the molecule is Cc1cc2c3c(c1)-n1c4ccc(-n5c6ccccc6c6ccccc65)cc4c4cc(-n5c6ccccc6c6ccccc65)cc(c41)B3c1ccccc1N2c1ccccc1. The lowest BCUT2D eigenvalue weighted by atomic mass is 9.33. The molecule has 2 aliphatic rings. The minimum absolute atomic E-state index is 0.0240. The number of rotatable bonds is 3. The molecule has 12 aromatic rings. The van der Waals surface area contributed by atoms with Gasteiger partial charge >= 0.3 is 0 Å². The van der Waals surface area contributed by atoms with Gasteiger partial charge in [-0.25, -0.2) is 0 Å². The fourth-order valence-electron chi connectivity index (χ4n) is 11.1. The maximum Gasteiger partial charge on any atom is 0.252 e. The molecule has 5 heterocycles. The van der Waals surface area contributed by atoms with E-state index >= 15 is 0 Å². The highest BCUT2D eigenvalue weighted by Gasteiger charge is 2.42. The van der Waals surface area contributed by atoms with E-state index in [0.717, 1.165) is 5.69 Å². The summed E-state index contributed by atoms with van der Waals surface area (Å²) in [5.74, 6) is 0. The molecule has 0 aliphatic carbocycles. The molecule has 0 fully saturated rings. The first kappa shape index (κ1) is 32.2. The Labute approximate surface area is 346 Å². The molecule has 3 aromatic heterocycles. The van der Waals surface area contributed by atoms with Crippen LogP contribution in [0.25, 0.3) is 82.5 Å². The average molecular weight is 763 g/mol. The summed E-state index contributed by atoms with van der Waals surface area (Å²) < 4.78 is 7.54. The summed E-state index contributed by atoms with van der Waals surface area (Å²) in [6, 6.07) is 72.3. The highest BCUT2D eigenvalue weighted by Crippen LogP contribution is 2.44. The van der Waals surface area contributed by atoms with Crippen LogP contribution in [0.1, 0.15) is 5.56 Å². The van der Waals surface area contributed by atoms with Gasteiger partial charge in [-0.2, -0.15) is 0 Å². The maximum atomic E-state index is 2.59. The van der Waals surface area contributed by atoms with E-state index < -0.39 is 0 Å². The van der Waals surface area contributed by atoms with Crippen LogP contribution in [-0.4, -0.2) is 20.4 Å². The number of para-hydroxylation sites is 6. The molecule has 0 bridgehead atoms. The largest absolute Gasteiger partial charge is 0.311 e. The third-order valence-corrected chi connectivity index (χ3v) is 13.4. The molecule has 0 N–H and O–H groups in total. The standard InChI is InChI=1S/C55H35BN4/c1-34-29-52-54-53(30-34)60-50-28-27-36(58-46-22-10-5-17-38(46)39-18-6-11-23-47(39)58)31-42(50)43-32-37(59-48-24-12-7-19-40(48)41-20-8-13-25-49(41)59)33-45(55(43)60)56(54)44-21-9-14-26-51(44)57(52)35-15-3-2-4-16-35/h2-33H,1H3. The van der Waals surface area contributed by atoms with E-state index in [1.165, 1.54) is 116 Å². The quantitative estimate of drug-likeness (QED) is 0.164. The van der Waals surface area contributed by atoms with Gasteiger partial charge in [0.15, 0.2) is 0 Å². The van der Waals surface area contributed by atoms with Gasteiger partial charge in [0.2, 0.25) is 0 Å². The van der Waals surface area contributed by atoms with E-state index in [1.54, 1.807) is 0 Å². The molecule has 0 atom stereocenters. The van der Waals surface area contributed by atoms with Gasteiger partial charge in [-0.1, -0.05) is 109 Å². The molecule has 0 amide bonds. The summed E-state index contributed by atoms with van der Waals surface area (Å²) in [4.78, 5) is 2.49. The number of nitrogens with zero attached hydrogens (tertiary/aromatic N) is 4. The first-order valence-electron chi connectivity index (χ1n) is 20.9. The zero-order chi connectivity index (χ0) is 39.2. The predicted octanol–water partition coefficient (Wildman–Crippen LogP) is 11.9. The van der Waals surface area contributed by atoms with Crippen molar-refractivity contribution in [3.8, 4) is 17.1 Å². The van der Waals surface area contributed by atoms with Crippen LogP contribution in [0.5, 0.6) is 0 Å². The molecule has 14 rings (SSSR count). The minimum Gasteiger partial charge on any atom is -0.311 e. The lowest BCUT2D eigenvalue weighted by Gasteiger charge is -2.40. The van der Waals surface area contributed by atoms with Gasteiger partial charge in [-0.15, -0.1) is 0 Å². The van der Waals surface area contributed by atoms with E-state index in [1.807, 2.05) is 0 Å². The molecule has 0 saturated heterocycles. The molecule has 0 radical (unpaired) electrons. The summed E-state index contributed by atoms with van der Waals surface area (Å²) in [5.41, 5.74) is 19.8. The third kappa shape index (κ3) is 4.11. The van der Waals surface area contributed by atoms with Crippen LogP contribution in [0.3, 0.4) is 0 Å². The van der Waals surface area contributed by atoms with Crippen molar-refractivity contribution in [2.45, 2.75) is 6.92 Å². The fraction of sp³-hybridized carbons (Fsp3) is 0.0182. The smallest absolute Gasteiger partial charge is 0.252 e. The van der Waals surface area contributed by atoms with Gasteiger partial charge in [0, 0.05) is 72.0 Å². The van der Waals surface area contributed by atoms with Crippen LogP contribution in [-0.2, 0) is 0 Å². The Morgan fingerprint density at radius 2 is 0.850 bits per heavy atom. The Hall–Kier alpha value is -7.76. The van der Waals surface area contributed by atoms with E-state index in [4.69, 9.17) is 0 Å². The highest BCUT2D eigenvalue weighted by molar-refractivity contribution is 7.00. The highest BCUT2D eigenvalue weighted by atomic mass is 15.2. The van der Waals surface area contributed by atoms with Crippen molar-refractivity contribution in [3.63, 3.8) is 0 Å². The fourth-order valence-corrected chi connectivity index (χ4v) is 11.1. The summed E-state index contributed by atoms with van der Waals surface area (Å²) in [6.07, 6.45) is 0. The molecule has 0 spiro atoms.